The van der Waals surface area contributed by atoms with E-state index in [1.807, 2.05) is 6.07 Å². The standard InChI is InChI=1S/C9H14N2O4S/c1-7(5-10)11-2-3-16(14,15)6-8(11)4-9(12)13/h7-8H,2-4,6H2,1H3,(H,12,13). The summed E-state index contributed by atoms with van der Waals surface area (Å²) in [6.07, 6.45) is -0.245. The molecule has 0 saturated carbocycles. The minimum absolute atomic E-state index is 0.00482. The summed E-state index contributed by atoms with van der Waals surface area (Å²) in [6, 6.07) is 0.953. The number of carbonyl (C=O) groups is 1. The van der Waals surface area contributed by atoms with Crippen LogP contribution >= 0.6 is 0 Å². The minimum Gasteiger partial charge on any atom is -0.481 e. The van der Waals surface area contributed by atoms with Gasteiger partial charge in [-0.1, -0.05) is 0 Å². The van der Waals surface area contributed by atoms with Gasteiger partial charge in [0.05, 0.1) is 30.0 Å². The van der Waals surface area contributed by atoms with Gasteiger partial charge in [-0.3, -0.25) is 9.69 Å². The van der Waals surface area contributed by atoms with Crippen LogP contribution in [0.2, 0.25) is 0 Å². The number of hydrogen-bond donors (Lipinski definition) is 1. The lowest BCUT2D eigenvalue weighted by Gasteiger charge is -2.36. The Kier molecular flexibility index (Phi) is 3.88. The number of nitriles is 1. The molecule has 0 aromatic carbocycles. The van der Waals surface area contributed by atoms with E-state index in [9.17, 15) is 13.2 Å². The second-order valence-electron chi connectivity index (χ2n) is 3.91. The lowest BCUT2D eigenvalue weighted by atomic mass is 10.1. The van der Waals surface area contributed by atoms with Gasteiger partial charge in [0, 0.05) is 12.6 Å². The van der Waals surface area contributed by atoms with E-state index in [1.54, 1.807) is 11.8 Å². The summed E-state index contributed by atoms with van der Waals surface area (Å²) >= 11 is 0. The summed E-state index contributed by atoms with van der Waals surface area (Å²) in [6.45, 7) is 1.88. The number of hydrogen-bond acceptors (Lipinski definition) is 5. The molecule has 1 N–H and O–H groups in total. The first-order valence-corrected chi connectivity index (χ1v) is 6.75. The molecular formula is C9H14N2O4S. The third kappa shape index (κ3) is 3.18. The maximum Gasteiger partial charge on any atom is 0.304 e. The van der Waals surface area contributed by atoms with E-state index < -0.39 is 27.9 Å². The van der Waals surface area contributed by atoms with Crippen LogP contribution in [0, 0.1) is 11.3 Å². The number of aliphatic carboxylic acids is 1. The second-order valence-corrected chi connectivity index (χ2v) is 6.14. The van der Waals surface area contributed by atoms with Crippen molar-refractivity contribution in [2.45, 2.75) is 25.4 Å². The van der Waals surface area contributed by atoms with E-state index in [0.717, 1.165) is 0 Å². The Morgan fingerprint density at radius 3 is 2.81 bits per heavy atom. The van der Waals surface area contributed by atoms with Crippen molar-refractivity contribution < 1.29 is 18.3 Å². The first-order valence-electron chi connectivity index (χ1n) is 4.93. The SMILES string of the molecule is CC(C#N)N1CCS(=O)(=O)CC1CC(=O)O. The van der Waals surface area contributed by atoms with Gasteiger partial charge in [-0.05, 0) is 6.92 Å². The Morgan fingerprint density at radius 1 is 1.69 bits per heavy atom. The van der Waals surface area contributed by atoms with Gasteiger partial charge >= 0.3 is 5.97 Å². The summed E-state index contributed by atoms with van der Waals surface area (Å²) in [5, 5.41) is 17.5. The fraction of sp³-hybridized carbons (Fsp3) is 0.778. The summed E-state index contributed by atoms with van der Waals surface area (Å²) in [7, 11) is -3.17. The van der Waals surface area contributed by atoms with E-state index in [0.29, 0.717) is 0 Å². The predicted octanol–water partition coefficient (Wildman–Crippen LogP) is -0.528. The Balaban J connectivity index is 2.84. The molecule has 2 atom stereocenters. The molecular weight excluding hydrogens is 232 g/mol. The average molecular weight is 246 g/mol. The highest BCUT2D eigenvalue weighted by Crippen LogP contribution is 2.17. The fourth-order valence-corrected chi connectivity index (χ4v) is 3.41. The molecule has 0 bridgehead atoms. The second kappa shape index (κ2) is 4.80. The maximum atomic E-state index is 11.4. The number of nitrogens with zero attached hydrogens (tertiary/aromatic N) is 2. The molecule has 0 spiro atoms. The van der Waals surface area contributed by atoms with Crippen LogP contribution in [-0.2, 0) is 14.6 Å². The van der Waals surface area contributed by atoms with Crippen molar-refractivity contribution in [1.29, 1.82) is 5.26 Å². The van der Waals surface area contributed by atoms with Gasteiger partial charge in [0.15, 0.2) is 9.84 Å². The monoisotopic (exact) mass is 246 g/mol. The Hall–Kier alpha value is -1.13. The summed E-state index contributed by atoms with van der Waals surface area (Å²) in [5.74, 6) is -1.22. The lowest BCUT2D eigenvalue weighted by Crippen LogP contribution is -2.52. The van der Waals surface area contributed by atoms with Gasteiger partial charge in [-0.15, -0.1) is 0 Å². The third-order valence-corrected chi connectivity index (χ3v) is 4.37. The highest BCUT2D eigenvalue weighted by atomic mass is 32.2. The van der Waals surface area contributed by atoms with E-state index in [1.165, 1.54) is 0 Å². The first kappa shape index (κ1) is 12.9. The van der Waals surface area contributed by atoms with Crippen molar-refractivity contribution >= 4 is 15.8 Å². The molecule has 0 aromatic rings. The largest absolute Gasteiger partial charge is 0.481 e. The zero-order valence-electron chi connectivity index (χ0n) is 8.96. The topological polar surface area (TPSA) is 98.5 Å². The van der Waals surface area contributed by atoms with E-state index in [4.69, 9.17) is 10.4 Å². The van der Waals surface area contributed by atoms with E-state index in [-0.39, 0.29) is 24.5 Å². The van der Waals surface area contributed by atoms with Crippen LogP contribution in [0.5, 0.6) is 0 Å². The molecule has 1 fully saturated rings. The summed E-state index contributed by atoms with van der Waals surface area (Å²) in [4.78, 5) is 12.3. The molecule has 1 heterocycles. The third-order valence-electron chi connectivity index (χ3n) is 2.67. The van der Waals surface area contributed by atoms with Crippen molar-refractivity contribution in [2.75, 3.05) is 18.1 Å². The normalized spacial score (nSPS) is 26.9. The van der Waals surface area contributed by atoms with Crippen molar-refractivity contribution in [2.24, 2.45) is 0 Å². The molecule has 1 saturated heterocycles. The van der Waals surface area contributed by atoms with Crippen molar-refractivity contribution in [3.8, 4) is 6.07 Å². The maximum absolute atomic E-state index is 11.4. The number of carboxylic acid groups (broad SMARTS) is 1. The molecule has 6 nitrogen and oxygen atoms in total. The van der Waals surface area contributed by atoms with Gasteiger partial charge in [-0.25, -0.2) is 8.42 Å². The number of sulfone groups is 1. The van der Waals surface area contributed by atoms with Crippen LogP contribution in [0.1, 0.15) is 13.3 Å². The van der Waals surface area contributed by atoms with E-state index >= 15 is 0 Å². The molecule has 1 rings (SSSR count). The zero-order chi connectivity index (χ0) is 12.3. The Labute approximate surface area is 94.4 Å². The Morgan fingerprint density at radius 2 is 2.31 bits per heavy atom. The summed E-state index contributed by atoms with van der Waals surface area (Å²) < 4.78 is 22.8. The van der Waals surface area contributed by atoms with Crippen LogP contribution in [0.3, 0.4) is 0 Å². The molecule has 16 heavy (non-hydrogen) atoms. The molecule has 0 aromatic heterocycles. The molecule has 0 amide bonds. The van der Waals surface area contributed by atoms with Gasteiger partial charge in [0.1, 0.15) is 0 Å². The molecule has 90 valence electrons. The molecule has 2 unspecified atom stereocenters. The van der Waals surface area contributed by atoms with Gasteiger partial charge in [-0.2, -0.15) is 5.26 Å². The Bertz CT molecular complexity index is 412. The molecule has 0 radical (unpaired) electrons. The fourth-order valence-electron chi connectivity index (χ4n) is 1.86. The zero-order valence-corrected chi connectivity index (χ0v) is 9.77. The number of carboxylic acids is 1. The van der Waals surface area contributed by atoms with Crippen LogP contribution in [0.15, 0.2) is 0 Å². The molecule has 1 aliphatic heterocycles. The number of rotatable bonds is 3. The molecule has 7 heteroatoms. The smallest absolute Gasteiger partial charge is 0.304 e. The highest BCUT2D eigenvalue weighted by Gasteiger charge is 2.34. The van der Waals surface area contributed by atoms with Crippen molar-refractivity contribution in [1.82, 2.24) is 4.90 Å². The van der Waals surface area contributed by atoms with Crippen molar-refractivity contribution in [3.05, 3.63) is 0 Å². The van der Waals surface area contributed by atoms with Gasteiger partial charge < -0.3 is 5.11 Å². The van der Waals surface area contributed by atoms with E-state index in [2.05, 4.69) is 0 Å². The van der Waals surface area contributed by atoms with Crippen LogP contribution in [0.4, 0.5) is 0 Å². The van der Waals surface area contributed by atoms with Crippen LogP contribution in [0.25, 0.3) is 0 Å². The van der Waals surface area contributed by atoms with Crippen molar-refractivity contribution in [3.63, 3.8) is 0 Å². The average Bonchev–Trinajstić information content (AvgIpc) is 2.14. The lowest BCUT2D eigenvalue weighted by molar-refractivity contribution is -0.138. The predicted molar refractivity (Wildman–Crippen MR) is 56.5 cm³/mol. The van der Waals surface area contributed by atoms with Crippen LogP contribution in [-0.4, -0.2) is 54.5 Å². The minimum atomic E-state index is -3.17. The highest BCUT2D eigenvalue weighted by molar-refractivity contribution is 7.91. The molecule has 0 aliphatic carbocycles. The van der Waals surface area contributed by atoms with Gasteiger partial charge in [0.25, 0.3) is 0 Å². The quantitative estimate of drug-likeness (QED) is 0.719. The van der Waals surface area contributed by atoms with Crippen LogP contribution < -0.4 is 0 Å². The first-order chi connectivity index (χ1) is 7.35. The molecule has 1 aliphatic rings. The summed E-state index contributed by atoms with van der Waals surface area (Å²) in [5.41, 5.74) is 0. The van der Waals surface area contributed by atoms with Gasteiger partial charge in [0.2, 0.25) is 0 Å².